The molecule has 1 atom stereocenters. The normalized spacial score (nSPS) is 12.4. The van der Waals surface area contributed by atoms with Gasteiger partial charge in [-0.1, -0.05) is 47.7 Å². The third-order valence-corrected chi connectivity index (χ3v) is 3.84. The van der Waals surface area contributed by atoms with Gasteiger partial charge in [-0.3, -0.25) is 0 Å². The SMILES string of the molecule is Cc1cccc(Sc2ccccc2CC(C)N)c1. The lowest BCUT2D eigenvalue weighted by atomic mass is 10.1. The van der Waals surface area contributed by atoms with Crippen molar-refractivity contribution in [2.45, 2.75) is 36.1 Å². The van der Waals surface area contributed by atoms with Gasteiger partial charge in [-0.2, -0.15) is 0 Å². The van der Waals surface area contributed by atoms with Crippen LogP contribution >= 0.6 is 11.8 Å². The summed E-state index contributed by atoms with van der Waals surface area (Å²) in [5.41, 5.74) is 8.53. The van der Waals surface area contributed by atoms with E-state index in [9.17, 15) is 0 Å². The minimum atomic E-state index is 0.198. The molecule has 0 fully saturated rings. The van der Waals surface area contributed by atoms with Gasteiger partial charge in [0.15, 0.2) is 0 Å². The van der Waals surface area contributed by atoms with E-state index in [0.717, 1.165) is 6.42 Å². The zero-order valence-corrected chi connectivity index (χ0v) is 11.7. The predicted octanol–water partition coefficient (Wildman–Crippen LogP) is 4.04. The molecule has 0 aromatic heterocycles. The molecule has 0 heterocycles. The minimum Gasteiger partial charge on any atom is -0.328 e. The van der Waals surface area contributed by atoms with Crippen LogP contribution in [0.15, 0.2) is 58.3 Å². The lowest BCUT2D eigenvalue weighted by Crippen LogP contribution is -2.18. The van der Waals surface area contributed by atoms with E-state index in [0.29, 0.717) is 0 Å². The Labute approximate surface area is 113 Å². The maximum absolute atomic E-state index is 5.90. The summed E-state index contributed by atoms with van der Waals surface area (Å²) in [6, 6.07) is 17.3. The quantitative estimate of drug-likeness (QED) is 0.894. The average Bonchev–Trinajstić information content (AvgIpc) is 2.31. The van der Waals surface area contributed by atoms with Crippen LogP contribution in [0.2, 0.25) is 0 Å². The van der Waals surface area contributed by atoms with E-state index < -0.39 is 0 Å². The van der Waals surface area contributed by atoms with Gasteiger partial charge in [0.2, 0.25) is 0 Å². The van der Waals surface area contributed by atoms with Gasteiger partial charge in [-0.05, 0) is 44.0 Å². The molecule has 2 aromatic carbocycles. The van der Waals surface area contributed by atoms with E-state index in [1.165, 1.54) is 20.9 Å². The summed E-state index contributed by atoms with van der Waals surface area (Å²) >= 11 is 1.81. The van der Waals surface area contributed by atoms with Gasteiger partial charge in [0, 0.05) is 15.8 Å². The monoisotopic (exact) mass is 257 g/mol. The smallest absolute Gasteiger partial charge is 0.0154 e. The Balaban J connectivity index is 2.23. The molecule has 94 valence electrons. The number of hydrogen-bond donors (Lipinski definition) is 1. The fourth-order valence-electron chi connectivity index (χ4n) is 1.92. The molecule has 2 rings (SSSR count). The number of nitrogens with two attached hydrogens (primary N) is 1. The first-order chi connectivity index (χ1) is 8.65. The van der Waals surface area contributed by atoms with Crippen molar-refractivity contribution in [2.24, 2.45) is 5.73 Å². The number of rotatable bonds is 4. The average molecular weight is 257 g/mol. The maximum atomic E-state index is 5.90. The van der Waals surface area contributed by atoms with E-state index in [-0.39, 0.29) is 6.04 Å². The summed E-state index contributed by atoms with van der Waals surface area (Å²) < 4.78 is 0. The molecule has 1 unspecified atom stereocenters. The molecule has 0 radical (unpaired) electrons. The van der Waals surface area contributed by atoms with E-state index in [1.54, 1.807) is 0 Å². The van der Waals surface area contributed by atoms with Crippen LogP contribution in [0, 0.1) is 6.92 Å². The Morgan fingerprint density at radius 2 is 1.89 bits per heavy atom. The van der Waals surface area contributed by atoms with Crippen molar-refractivity contribution >= 4 is 11.8 Å². The fraction of sp³-hybridized carbons (Fsp3) is 0.250. The second-order valence-corrected chi connectivity index (χ2v) is 5.82. The largest absolute Gasteiger partial charge is 0.328 e. The molecule has 0 bridgehead atoms. The standard InChI is InChI=1S/C16H19NS/c1-12-6-5-8-15(10-12)18-16-9-4-3-7-14(16)11-13(2)17/h3-10,13H,11,17H2,1-2H3. The molecule has 0 saturated carbocycles. The lowest BCUT2D eigenvalue weighted by Gasteiger charge is -2.11. The van der Waals surface area contributed by atoms with Crippen molar-refractivity contribution in [3.63, 3.8) is 0 Å². The molecule has 2 N–H and O–H groups in total. The molecule has 2 aromatic rings. The van der Waals surface area contributed by atoms with Crippen LogP contribution in [0.1, 0.15) is 18.1 Å². The second-order valence-electron chi connectivity index (χ2n) is 4.71. The van der Waals surface area contributed by atoms with E-state index in [1.807, 2.05) is 18.7 Å². The van der Waals surface area contributed by atoms with Crippen LogP contribution in [0.5, 0.6) is 0 Å². The molecule has 0 aliphatic heterocycles. The highest BCUT2D eigenvalue weighted by molar-refractivity contribution is 7.99. The number of aryl methyl sites for hydroxylation is 1. The van der Waals surface area contributed by atoms with Gasteiger partial charge >= 0.3 is 0 Å². The first-order valence-corrected chi connectivity index (χ1v) is 7.05. The van der Waals surface area contributed by atoms with Crippen molar-refractivity contribution < 1.29 is 0 Å². The molecule has 0 spiro atoms. The molecule has 0 aliphatic rings. The number of hydrogen-bond acceptors (Lipinski definition) is 2. The molecule has 0 aliphatic carbocycles. The minimum absolute atomic E-state index is 0.198. The van der Waals surface area contributed by atoms with E-state index in [2.05, 4.69) is 55.5 Å². The molecule has 1 nitrogen and oxygen atoms in total. The van der Waals surface area contributed by atoms with Crippen LogP contribution in [0.4, 0.5) is 0 Å². The lowest BCUT2D eigenvalue weighted by molar-refractivity contribution is 0.729. The molecule has 18 heavy (non-hydrogen) atoms. The van der Waals surface area contributed by atoms with Crippen molar-refractivity contribution in [1.82, 2.24) is 0 Å². The van der Waals surface area contributed by atoms with Crippen molar-refractivity contribution in [2.75, 3.05) is 0 Å². The Morgan fingerprint density at radius 3 is 2.61 bits per heavy atom. The third-order valence-electron chi connectivity index (χ3n) is 2.73. The van der Waals surface area contributed by atoms with Crippen LogP contribution in [-0.4, -0.2) is 6.04 Å². The Bertz CT molecular complexity index is 520. The van der Waals surface area contributed by atoms with E-state index >= 15 is 0 Å². The summed E-state index contributed by atoms with van der Waals surface area (Å²) in [5.74, 6) is 0. The van der Waals surface area contributed by atoms with E-state index in [4.69, 9.17) is 5.73 Å². The Kier molecular flexibility index (Phi) is 4.45. The predicted molar refractivity (Wildman–Crippen MR) is 79.1 cm³/mol. The highest BCUT2D eigenvalue weighted by atomic mass is 32.2. The Hall–Kier alpha value is -1.25. The van der Waals surface area contributed by atoms with Gasteiger partial charge in [-0.25, -0.2) is 0 Å². The Morgan fingerprint density at radius 1 is 1.11 bits per heavy atom. The molecule has 0 amide bonds. The van der Waals surface area contributed by atoms with Crippen LogP contribution in [0.25, 0.3) is 0 Å². The number of benzene rings is 2. The highest BCUT2D eigenvalue weighted by Gasteiger charge is 2.06. The van der Waals surface area contributed by atoms with Crippen LogP contribution in [0.3, 0.4) is 0 Å². The first kappa shape index (κ1) is 13.2. The molecule has 2 heteroatoms. The van der Waals surface area contributed by atoms with Gasteiger partial charge in [-0.15, -0.1) is 0 Å². The summed E-state index contributed by atoms with van der Waals surface area (Å²) in [6.45, 7) is 4.17. The van der Waals surface area contributed by atoms with Crippen molar-refractivity contribution in [3.05, 3.63) is 59.7 Å². The maximum Gasteiger partial charge on any atom is 0.0154 e. The van der Waals surface area contributed by atoms with Gasteiger partial charge in [0.25, 0.3) is 0 Å². The zero-order chi connectivity index (χ0) is 13.0. The third kappa shape index (κ3) is 3.62. The van der Waals surface area contributed by atoms with Crippen LogP contribution < -0.4 is 5.73 Å². The second kappa shape index (κ2) is 6.07. The van der Waals surface area contributed by atoms with Crippen molar-refractivity contribution in [1.29, 1.82) is 0 Å². The van der Waals surface area contributed by atoms with Crippen molar-refractivity contribution in [3.8, 4) is 0 Å². The van der Waals surface area contributed by atoms with Gasteiger partial charge in [0.05, 0.1) is 0 Å². The molecular weight excluding hydrogens is 238 g/mol. The van der Waals surface area contributed by atoms with Gasteiger partial charge < -0.3 is 5.73 Å². The highest BCUT2D eigenvalue weighted by Crippen LogP contribution is 2.31. The first-order valence-electron chi connectivity index (χ1n) is 6.23. The zero-order valence-electron chi connectivity index (χ0n) is 10.9. The summed E-state index contributed by atoms with van der Waals surface area (Å²) in [6.07, 6.45) is 0.926. The summed E-state index contributed by atoms with van der Waals surface area (Å²) in [4.78, 5) is 2.59. The topological polar surface area (TPSA) is 26.0 Å². The van der Waals surface area contributed by atoms with Gasteiger partial charge in [0.1, 0.15) is 0 Å². The van der Waals surface area contributed by atoms with Crippen LogP contribution in [-0.2, 0) is 6.42 Å². The summed E-state index contributed by atoms with van der Waals surface area (Å²) in [5, 5.41) is 0. The fourth-order valence-corrected chi connectivity index (χ4v) is 3.00. The summed E-state index contributed by atoms with van der Waals surface area (Å²) in [7, 11) is 0. The molecule has 0 saturated heterocycles. The molecular formula is C16H19NS.